The third-order valence-electron chi connectivity index (χ3n) is 5.47. The summed E-state index contributed by atoms with van der Waals surface area (Å²) in [5, 5.41) is 9.66. The van der Waals surface area contributed by atoms with Gasteiger partial charge in [-0.3, -0.25) is 4.79 Å². The van der Waals surface area contributed by atoms with E-state index in [9.17, 15) is 9.90 Å². The minimum Gasteiger partial charge on any atom is -0.480 e. The molecule has 1 aliphatic heterocycles. The molecule has 24 heavy (non-hydrogen) atoms. The van der Waals surface area contributed by atoms with Crippen molar-refractivity contribution in [3.05, 3.63) is 35.9 Å². The highest BCUT2D eigenvalue weighted by Crippen LogP contribution is 2.31. The summed E-state index contributed by atoms with van der Waals surface area (Å²) in [6.45, 7) is 2.95. The van der Waals surface area contributed by atoms with E-state index in [1.807, 2.05) is 6.07 Å². The lowest BCUT2D eigenvalue weighted by Crippen LogP contribution is -2.57. The number of carboxylic acid groups (broad SMARTS) is 1. The van der Waals surface area contributed by atoms with Crippen molar-refractivity contribution in [2.45, 2.75) is 50.4 Å². The van der Waals surface area contributed by atoms with E-state index >= 15 is 0 Å². The maximum atomic E-state index is 11.8. The Bertz CT molecular complexity index is 503. The standard InChI is InChI=1S/C19H31BN2O2/c20-12-5-4-11-19(21,18(23)24)17-9-14-22(15-10-17)13-8-16-6-2-1-3-7-16/h1-3,6-7,17H,4-5,8-15,20-21H2,(H,23,24). The number of nitrogens with two attached hydrogens (primary N) is 1. The highest BCUT2D eigenvalue weighted by molar-refractivity contribution is 6.08. The van der Waals surface area contributed by atoms with Crippen molar-refractivity contribution in [1.82, 2.24) is 4.90 Å². The van der Waals surface area contributed by atoms with Gasteiger partial charge >= 0.3 is 5.97 Å². The maximum Gasteiger partial charge on any atom is 0.323 e. The number of unbranched alkanes of at least 4 members (excludes halogenated alkanes) is 1. The Morgan fingerprint density at radius 2 is 1.92 bits per heavy atom. The summed E-state index contributed by atoms with van der Waals surface area (Å²) < 4.78 is 0. The molecule has 1 heterocycles. The Balaban J connectivity index is 1.82. The molecule has 1 atom stereocenters. The molecule has 4 nitrogen and oxygen atoms in total. The monoisotopic (exact) mass is 330 g/mol. The second-order valence-corrected chi connectivity index (χ2v) is 7.15. The smallest absolute Gasteiger partial charge is 0.323 e. The Morgan fingerprint density at radius 1 is 1.25 bits per heavy atom. The number of benzene rings is 1. The number of carbonyl (C=O) groups is 1. The highest BCUT2D eigenvalue weighted by Gasteiger charge is 2.42. The lowest BCUT2D eigenvalue weighted by atomic mass is 9.75. The molecule has 0 bridgehead atoms. The number of rotatable bonds is 9. The molecule has 1 aromatic carbocycles. The van der Waals surface area contributed by atoms with Gasteiger partial charge in [-0.1, -0.05) is 49.5 Å². The maximum absolute atomic E-state index is 11.8. The molecule has 2 rings (SSSR count). The molecular formula is C19H31BN2O2. The van der Waals surface area contributed by atoms with Crippen LogP contribution >= 0.6 is 0 Å². The van der Waals surface area contributed by atoms with Crippen molar-refractivity contribution in [1.29, 1.82) is 0 Å². The van der Waals surface area contributed by atoms with E-state index in [0.717, 1.165) is 58.1 Å². The molecule has 0 aliphatic carbocycles. The lowest BCUT2D eigenvalue weighted by molar-refractivity contribution is -0.147. The van der Waals surface area contributed by atoms with Crippen LogP contribution in [0.2, 0.25) is 6.32 Å². The molecule has 1 fully saturated rings. The molecule has 132 valence electrons. The fourth-order valence-corrected chi connectivity index (χ4v) is 3.76. The van der Waals surface area contributed by atoms with Crippen molar-refractivity contribution in [2.75, 3.05) is 19.6 Å². The number of likely N-dealkylation sites (tertiary alicyclic amines) is 1. The topological polar surface area (TPSA) is 66.6 Å². The molecule has 0 saturated carbocycles. The largest absolute Gasteiger partial charge is 0.480 e. The number of aliphatic carboxylic acids is 1. The first kappa shape index (κ1) is 19.0. The SMILES string of the molecule is BCCCCC(N)(C(=O)O)C1CCN(CCc2ccccc2)CC1. The molecule has 0 amide bonds. The molecule has 5 heteroatoms. The Labute approximate surface area is 146 Å². The van der Waals surface area contributed by atoms with Gasteiger partial charge in [0.2, 0.25) is 0 Å². The van der Waals surface area contributed by atoms with E-state index in [4.69, 9.17) is 5.73 Å². The van der Waals surface area contributed by atoms with E-state index < -0.39 is 11.5 Å². The minimum absolute atomic E-state index is 0.0971. The summed E-state index contributed by atoms with van der Waals surface area (Å²) in [7, 11) is 2.13. The summed E-state index contributed by atoms with van der Waals surface area (Å²) in [6.07, 6.45) is 6.50. The molecule has 1 aliphatic rings. The summed E-state index contributed by atoms with van der Waals surface area (Å²) in [5.41, 5.74) is 6.67. The second-order valence-electron chi connectivity index (χ2n) is 7.15. The molecule has 3 N–H and O–H groups in total. The van der Waals surface area contributed by atoms with Crippen molar-refractivity contribution in [3.8, 4) is 0 Å². The average Bonchev–Trinajstić information content (AvgIpc) is 2.61. The van der Waals surface area contributed by atoms with E-state index in [-0.39, 0.29) is 5.92 Å². The van der Waals surface area contributed by atoms with Gasteiger partial charge in [-0.15, -0.1) is 0 Å². The Kier molecular flexibility index (Phi) is 7.31. The van der Waals surface area contributed by atoms with Crippen LogP contribution in [0.25, 0.3) is 0 Å². The lowest BCUT2D eigenvalue weighted by Gasteiger charge is -2.40. The predicted molar refractivity (Wildman–Crippen MR) is 101 cm³/mol. The van der Waals surface area contributed by atoms with Crippen LogP contribution in [0, 0.1) is 5.92 Å². The van der Waals surface area contributed by atoms with Crippen LogP contribution in [0.1, 0.15) is 37.7 Å². The molecular weight excluding hydrogens is 299 g/mol. The van der Waals surface area contributed by atoms with Gasteiger partial charge in [0.05, 0.1) is 0 Å². The molecule has 0 aromatic heterocycles. The van der Waals surface area contributed by atoms with Crippen molar-refractivity contribution >= 4 is 13.8 Å². The van der Waals surface area contributed by atoms with Gasteiger partial charge in [-0.2, -0.15) is 0 Å². The van der Waals surface area contributed by atoms with E-state index in [1.54, 1.807) is 0 Å². The molecule has 1 unspecified atom stereocenters. The number of hydrogen-bond acceptors (Lipinski definition) is 3. The van der Waals surface area contributed by atoms with Gasteiger partial charge in [-0.25, -0.2) is 0 Å². The van der Waals surface area contributed by atoms with Crippen LogP contribution in [0.5, 0.6) is 0 Å². The normalized spacial score (nSPS) is 19.0. The predicted octanol–water partition coefficient (Wildman–Crippen LogP) is 1.94. The Hall–Kier alpha value is -1.33. The van der Waals surface area contributed by atoms with Gasteiger partial charge in [0.25, 0.3) is 0 Å². The first-order chi connectivity index (χ1) is 11.6. The minimum atomic E-state index is -1.04. The fourth-order valence-electron chi connectivity index (χ4n) is 3.76. The first-order valence-electron chi connectivity index (χ1n) is 9.35. The average molecular weight is 330 g/mol. The summed E-state index contributed by atoms with van der Waals surface area (Å²) >= 11 is 0. The van der Waals surface area contributed by atoms with Crippen LogP contribution in [-0.2, 0) is 11.2 Å². The van der Waals surface area contributed by atoms with Gasteiger partial charge in [0.15, 0.2) is 0 Å². The molecule has 0 spiro atoms. The summed E-state index contributed by atoms with van der Waals surface area (Å²) in [6, 6.07) is 10.5. The van der Waals surface area contributed by atoms with Crippen LogP contribution in [0.4, 0.5) is 0 Å². The quantitative estimate of drug-likeness (QED) is 0.536. The zero-order chi connectivity index (χ0) is 17.4. The second kappa shape index (κ2) is 9.23. The third-order valence-corrected chi connectivity index (χ3v) is 5.47. The number of hydrogen-bond donors (Lipinski definition) is 2. The van der Waals surface area contributed by atoms with Crippen molar-refractivity contribution < 1.29 is 9.90 Å². The molecule has 1 aromatic rings. The van der Waals surface area contributed by atoms with Gasteiger partial charge in [0.1, 0.15) is 13.4 Å². The van der Waals surface area contributed by atoms with Crippen LogP contribution in [0.3, 0.4) is 0 Å². The summed E-state index contributed by atoms with van der Waals surface area (Å²) in [4.78, 5) is 14.2. The number of piperidine rings is 1. The molecule has 1 saturated heterocycles. The van der Waals surface area contributed by atoms with Crippen LogP contribution in [0.15, 0.2) is 30.3 Å². The summed E-state index contributed by atoms with van der Waals surface area (Å²) in [5.74, 6) is -0.721. The van der Waals surface area contributed by atoms with Gasteiger partial charge < -0.3 is 15.7 Å². The van der Waals surface area contributed by atoms with E-state index in [1.165, 1.54) is 5.56 Å². The molecule has 0 radical (unpaired) electrons. The zero-order valence-electron chi connectivity index (χ0n) is 14.9. The van der Waals surface area contributed by atoms with Crippen LogP contribution in [-0.4, -0.2) is 49.0 Å². The number of carboxylic acids is 1. The van der Waals surface area contributed by atoms with Crippen LogP contribution < -0.4 is 5.73 Å². The first-order valence-corrected chi connectivity index (χ1v) is 9.35. The fraction of sp³-hybridized carbons (Fsp3) is 0.632. The van der Waals surface area contributed by atoms with Gasteiger partial charge in [-0.05, 0) is 50.3 Å². The highest BCUT2D eigenvalue weighted by atomic mass is 16.4. The van der Waals surface area contributed by atoms with E-state index in [2.05, 4.69) is 37.0 Å². The van der Waals surface area contributed by atoms with Crippen molar-refractivity contribution in [2.24, 2.45) is 11.7 Å². The number of nitrogens with zero attached hydrogens (tertiary/aromatic N) is 1. The Morgan fingerprint density at radius 3 is 2.50 bits per heavy atom. The zero-order valence-corrected chi connectivity index (χ0v) is 14.9. The van der Waals surface area contributed by atoms with Crippen molar-refractivity contribution in [3.63, 3.8) is 0 Å². The van der Waals surface area contributed by atoms with E-state index in [0.29, 0.717) is 6.42 Å². The van der Waals surface area contributed by atoms with Gasteiger partial charge in [0, 0.05) is 6.54 Å². The third kappa shape index (κ3) is 5.08.